The van der Waals surface area contributed by atoms with E-state index < -0.39 is 10.0 Å². The molecular weight excluding hydrogens is 288 g/mol. The number of hydrogen-bond donors (Lipinski definition) is 1. The Bertz CT molecular complexity index is 672. The molecule has 0 radical (unpaired) electrons. The molecular formula is C14H18N4O2S. The summed E-state index contributed by atoms with van der Waals surface area (Å²) >= 11 is 0. The molecule has 0 aliphatic rings. The average molecular weight is 306 g/mol. The normalized spacial score (nSPS) is 11.6. The molecule has 1 aromatic carbocycles. The predicted molar refractivity (Wildman–Crippen MR) is 81.3 cm³/mol. The van der Waals surface area contributed by atoms with E-state index in [1.807, 2.05) is 37.3 Å². The molecule has 0 fully saturated rings. The highest BCUT2D eigenvalue weighted by molar-refractivity contribution is 7.89. The van der Waals surface area contributed by atoms with E-state index in [-0.39, 0.29) is 4.90 Å². The van der Waals surface area contributed by atoms with E-state index in [0.717, 1.165) is 5.56 Å². The minimum absolute atomic E-state index is 0.0966. The number of anilines is 1. The maximum Gasteiger partial charge on any atom is 0.246 e. The van der Waals surface area contributed by atoms with Crippen molar-refractivity contribution < 1.29 is 8.42 Å². The van der Waals surface area contributed by atoms with Crippen molar-refractivity contribution in [3.05, 3.63) is 48.3 Å². The summed E-state index contributed by atoms with van der Waals surface area (Å²) in [6.45, 7) is 2.52. The molecule has 2 aromatic rings. The van der Waals surface area contributed by atoms with E-state index in [4.69, 9.17) is 0 Å². The van der Waals surface area contributed by atoms with E-state index in [2.05, 4.69) is 15.3 Å². The molecule has 7 heteroatoms. The van der Waals surface area contributed by atoms with E-state index in [9.17, 15) is 8.42 Å². The minimum Gasteiger partial charge on any atom is -0.357 e. The molecule has 0 saturated carbocycles. The van der Waals surface area contributed by atoms with Gasteiger partial charge in [0.2, 0.25) is 16.0 Å². The summed E-state index contributed by atoms with van der Waals surface area (Å²) in [7, 11) is -1.92. The molecule has 0 unspecified atom stereocenters. The van der Waals surface area contributed by atoms with Crippen molar-refractivity contribution in [2.45, 2.75) is 18.4 Å². The summed E-state index contributed by atoms with van der Waals surface area (Å²) in [5, 5.41) is 2.76. The lowest BCUT2D eigenvalue weighted by Gasteiger charge is -2.20. The van der Waals surface area contributed by atoms with Crippen LogP contribution in [0, 0.1) is 0 Å². The Balaban J connectivity index is 2.26. The molecule has 0 amide bonds. The topological polar surface area (TPSA) is 75.2 Å². The Hall–Kier alpha value is -1.99. The van der Waals surface area contributed by atoms with Crippen molar-refractivity contribution in [3.63, 3.8) is 0 Å². The Morgan fingerprint density at radius 3 is 2.29 bits per heavy atom. The van der Waals surface area contributed by atoms with E-state index in [1.165, 1.54) is 16.7 Å². The second-order valence-corrected chi connectivity index (χ2v) is 6.35. The van der Waals surface area contributed by atoms with Gasteiger partial charge in [-0.15, -0.1) is 0 Å². The first-order valence-corrected chi connectivity index (χ1v) is 8.05. The van der Waals surface area contributed by atoms with Crippen LogP contribution >= 0.6 is 0 Å². The minimum atomic E-state index is -3.59. The third-order valence-corrected chi connectivity index (χ3v) is 4.92. The third-order valence-electron chi connectivity index (χ3n) is 3.04. The second-order valence-electron chi connectivity index (χ2n) is 4.41. The van der Waals surface area contributed by atoms with Gasteiger partial charge in [0.25, 0.3) is 0 Å². The first-order valence-electron chi connectivity index (χ1n) is 6.61. The van der Waals surface area contributed by atoms with Crippen LogP contribution < -0.4 is 5.32 Å². The largest absolute Gasteiger partial charge is 0.357 e. The molecule has 1 aromatic heterocycles. The Morgan fingerprint density at radius 1 is 1.14 bits per heavy atom. The highest BCUT2D eigenvalue weighted by Crippen LogP contribution is 2.17. The highest BCUT2D eigenvalue weighted by Gasteiger charge is 2.24. The molecule has 2 rings (SSSR count). The van der Waals surface area contributed by atoms with E-state index >= 15 is 0 Å². The Kier molecular flexibility index (Phi) is 4.87. The average Bonchev–Trinajstić information content (AvgIpc) is 2.53. The van der Waals surface area contributed by atoms with Crippen LogP contribution in [0.5, 0.6) is 0 Å². The van der Waals surface area contributed by atoms with Gasteiger partial charge in [-0.1, -0.05) is 37.3 Å². The lowest BCUT2D eigenvalue weighted by atomic mass is 10.2. The van der Waals surface area contributed by atoms with Crippen molar-refractivity contribution in [1.82, 2.24) is 14.3 Å². The van der Waals surface area contributed by atoms with Gasteiger partial charge in [-0.05, 0) is 5.56 Å². The molecule has 0 spiro atoms. The maximum atomic E-state index is 12.6. The number of rotatable bonds is 6. The number of sulfonamides is 1. The predicted octanol–water partition coefficient (Wildman–Crippen LogP) is 1.73. The molecule has 0 aliphatic carbocycles. The molecule has 0 atom stereocenters. The van der Waals surface area contributed by atoms with Gasteiger partial charge in [-0.3, -0.25) is 0 Å². The van der Waals surface area contributed by atoms with E-state index in [0.29, 0.717) is 19.0 Å². The van der Waals surface area contributed by atoms with Gasteiger partial charge in [-0.2, -0.15) is 4.31 Å². The third kappa shape index (κ3) is 3.56. The van der Waals surface area contributed by atoms with Gasteiger partial charge in [0.05, 0.1) is 12.4 Å². The summed E-state index contributed by atoms with van der Waals surface area (Å²) in [6, 6.07) is 9.48. The van der Waals surface area contributed by atoms with Gasteiger partial charge >= 0.3 is 0 Å². The second kappa shape index (κ2) is 6.64. The van der Waals surface area contributed by atoms with Crippen molar-refractivity contribution in [2.24, 2.45) is 0 Å². The zero-order chi connectivity index (χ0) is 15.3. The highest BCUT2D eigenvalue weighted by atomic mass is 32.2. The first-order chi connectivity index (χ1) is 10.1. The summed E-state index contributed by atoms with van der Waals surface area (Å²) in [5.41, 5.74) is 0.940. The zero-order valence-electron chi connectivity index (χ0n) is 12.0. The van der Waals surface area contributed by atoms with Crippen LogP contribution in [0.15, 0.2) is 47.6 Å². The maximum absolute atomic E-state index is 12.6. The summed E-state index contributed by atoms with van der Waals surface area (Å²) in [4.78, 5) is 8.01. The van der Waals surface area contributed by atoms with Gasteiger partial charge in [0.1, 0.15) is 4.90 Å². The van der Waals surface area contributed by atoms with Crippen molar-refractivity contribution in [3.8, 4) is 0 Å². The fraction of sp³-hybridized carbons (Fsp3) is 0.286. The van der Waals surface area contributed by atoms with Gasteiger partial charge in [-0.25, -0.2) is 18.4 Å². The SMILES string of the molecule is CCN(Cc1ccccc1)S(=O)(=O)c1cnc(NC)nc1. The van der Waals surface area contributed by atoms with Crippen molar-refractivity contribution >= 4 is 16.0 Å². The van der Waals surface area contributed by atoms with Crippen LogP contribution in [0.4, 0.5) is 5.95 Å². The first kappa shape index (κ1) is 15.4. The molecule has 0 aliphatic heterocycles. The number of nitrogens with zero attached hydrogens (tertiary/aromatic N) is 3. The van der Waals surface area contributed by atoms with E-state index in [1.54, 1.807) is 7.05 Å². The van der Waals surface area contributed by atoms with Crippen molar-refractivity contribution in [1.29, 1.82) is 0 Å². The standard InChI is InChI=1S/C14H18N4O2S/c1-3-18(11-12-7-5-4-6-8-12)21(19,20)13-9-16-14(15-2)17-10-13/h4-10H,3,11H2,1-2H3,(H,15,16,17). The molecule has 6 nitrogen and oxygen atoms in total. The van der Waals surface area contributed by atoms with Crippen molar-refractivity contribution in [2.75, 3.05) is 18.9 Å². The fourth-order valence-corrected chi connectivity index (χ4v) is 3.21. The molecule has 21 heavy (non-hydrogen) atoms. The summed E-state index contributed by atoms with van der Waals surface area (Å²) in [6.07, 6.45) is 2.64. The van der Waals surface area contributed by atoms with Crippen LogP contribution in [0.1, 0.15) is 12.5 Å². The molecule has 1 N–H and O–H groups in total. The number of aromatic nitrogens is 2. The number of benzene rings is 1. The van der Waals surface area contributed by atoms with Gasteiger partial charge in [0.15, 0.2) is 0 Å². The van der Waals surface area contributed by atoms with Crippen LogP contribution in [0.25, 0.3) is 0 Å². The lowest BCUT2D eigenvalue weighted by Crippen LogP contribution is -2.30. The summed E-state index contributed by atoms with van der Waals surface area (Å²) in [5.74, 6) is 0.389. The van der Waals surface area contributed by atoms with Gasteiger partial charge in [0, 0.05) is 20.1 Å². The Morgan fingerprint density at radius 2 is 1.76 bits per heavy atom. The van der Waals surface area contributed by atoms with Crippen LogP contribution in [0.2, 0.25) is 0 Å². The quantitative estimate of drug-likeness (QED) is 0.879. The van der Waals surface area contributed by atoms with Crippen LogP contribution in [0.3, 0.4) is 0 Å². The number of nitrogens with one attached hydrogen (secondary N) is 1. The summed E-state index contributed by atoms with van der Waals surface area (Å²) < 4.78 is 26.6. The molecule has 0 saturated heterocycles. The zero-order valence-corrected chi connectivity index (χ0v) is 12.8. The molecule has 1 heterocycles. The monoisotopic (exact) mass is 306 g/mol. The lowest BCUT2D eigenvalue weighted by molar-refractivity contribution is 0.423. The smallest absolute Gasteiger partial charge is 0.246 e. The van der Waals surface area contributed by atoms with Crippen LogP contribution in [-0.2, 0) is 16.6 Å². The number of hydrogen-bond acceptors (Lipinski definition) is 5. The molecule has 112 valence electrons. The van der Waals surface area contributed by atoms with Crippen LogP contribution in [-0.4, -0.2) is 36.3 Å². The Labute approximate surface area is 124 Å². The molecule has 0 bridgehead atoms. The fourth-order valence-electron chi connectivity index (χ4n) is 1.88. The van der Waals surface area contributed by atoms with Gasteiger partial charge < -0.3 is 5.32 Å².